The van der Waals surface area contributed by atoms with Gasteiger partial charge in [0.05, 0.1) is 0 Å². The number of aryl methyl sites for hydroxylation is 1. The van der Waals surface area contributed by atoms with E-state index in [1.807, 2.05) is 56.3 Å². The third kappa shape index (κ3) is 2.71. The first kappa shape index (κ1) is 13.5. The minimum absolute atomic E-state index is 0.140. The van der Waals surface area contributed by atoms with Crippen LogP contribution in [0, 0.1) is 6.92 Å². The molecule has 0 spiro atoms. The molecule has 0 unspecified atom stereocenters. The van der Waals surface area contributed by atoms with E-state index >= 15 is 0 Å². The summed E-state index contributed by atoms with van der Waals surface area (Å²) in [4.78, 5) is 8.86. The Morgan fingerprint density at radius 3 is 2.76 bits per heavy atom. The molecule has 106 valence electrons. The van der Waals surface area contributed by atoms with Crippen molar-refractivity contribution < 1.29 is 4.74 Å². The second-order valence-corrected chi connectivity index (χ2v) is 5.07. The van der Waals surface area contributed by atoms with Gasteiger partial charge in [-0.15, -0.1) is 0 Å². The summed E-state index contributed by atoms with van der Waals surface area (Å²) >= 11 is 0. The van der Waals surface area contributed by atoms with Crippen molar-refractivity contribution in [3.63, 3.8) is 0 Å². The summed E-state index contributed by atoms with van der Waals surface area (Å²) in [5.74, 6) is 1.22. The number of hydrogen-bond acceptors (Lipinski definition) is 4. The van der Waals surface area contributed by atoms with E-state index in [1.54, 1.807) is 6.20 Å². The number of para-hydroxylation sites is 1. The first-order chi connectivity index (χ1) is 10.1. The van der Waals surface area contributed by atoms with Gasteiger partial charge in [-0.1, -0.05) is 24.3 Å². The quantitative estimate of drug-likeness (QED) is 0.793. The molecule has 21 heavy (non-hydrogen) atoms. The van der Waals surface area contributed by atoms with Gasteiger partial charge in [0.1, 0.15) is 5.52 Å². The van der Waals surface area contributed by atoms with Crippen molar-refractivity contribution in [3.05, 3.63) is 59.9 Å². The van der Waals surface area contributed by atoms with Crippen molar-refractivity contribution in [1.29, 1.82) is 0 Å². The summed E-state index contributed by atoms with van der Waals surface area (Å²) in [6.45, 7) is 3.87. The van der Waals surface area contributed by atoms with Gasteiger partial charge >= 0.3 is 0 Å². The smallest absolute Gasteiger partial charge is 0.224 e. The van der Waals surface area contributed by atoms with Gasteiger partial charge in [0.15, 0.2) is 5.75 Å². The highest BCUT2D eigenvalue weighted by Crippen LogP contribution is 2.30. The molecule has 0 aliphatic heterocycles. The molecule has 4 nitrogen and oxygen atoms in total. The second kappa shape index (κ2) is 5.50. The van der Waals surface area contributed by atoms with Crippen molar-refractivity contribution in [1.82, 2.24) is 9.97 Å². The van der Waals surface area contributed by atoms with E-state index in [-0.39, 0.29) is 6.04 Å². The van der Waals surface area contributed by atoms with E-state index < -0.39 is 0 Å². The summed E-state index contributed by atoms with van der Waals surface area (Å²) in [6.07, 6.45) is 1.70. The molecule has 2 N–H and O–H groups in total. The second-order valence-electron chi connectivity index (χ2n) is 5.07. The van der Waals surface area contributed by atoms with Gasteiger partial charge in [0, 0.05) is 28.9 Å². The SMILES string of the molecule is Cc1ccc2cccc(Oc3ncccc3[C@H](C)N)c2n1. The Kier molecular flexibility index (Phi) is 3.54. The number of fused-ring (bicyclic) bond motifs is 1. The fraction of sp³-hybridized carbons (Fsp3) is 0.176. The molecule has 0 saturated carbocycles. The zero-order chi connectivity index (χ0) is 14.8. The predicted octanol–water partition coefficient (Wildman–Crippen LogP) is 3.75. The van der Waals surface area contributed by atoms with Gasteiger partial charge in [-0.3, -0.25) is 0 Å². The summed E-state index contributed by atoms with van der Waals surface area (Å²) in [6, 6.07) is 13.5. The van der Waals surface area contributed by atoms with Crippen molar-refractivity contribution in [3.8, 4) is 11.6 Å². The molecule has 0 bridgehead atoms. The maximum atomic E-state index is 5.99. The maximum Gasteiger partial charge on any atom is 0.224 e. The fourth-order valence-corrected chi connectivity index (χ4v) is 2.24. The first-order valence-corrected chi connectivity index (χ1v) is 6.90. The largest absolute Gasteiger partial charge is 0.436 e. The summed E-state index contributed by atoms with van der Waals surface area (Å²) in [5.41, 5.74) is 8.63. The van der Waals surface area contributed by atoms with Crippen LogP contribution in [-0.2, 0) is 0 Å². The van der Waals surface area contributed by atoms with Crippen molar-refractivity contribution >= 4 is 10.9 Å². The molecule has 1 aromatic carbocycles. The normalized spacial score (nSPS) is 12.3. The number of nitrogens with two attached hydrogens (primary N) is 1. The van der Waals surface area contributed by atoms with Gasteiger partial charge < -0.3 is 10.5 Å². The third-order valence-electron chi connectivity index (χ3n) is 3.32. The lowest BCUT2D eigenvalue weighted by Gasteiger charge is -2.13. The molecule has 1 atom stereocenters. The van der Waals surface area contributed by atoms with Crippen LogP contribution in [0.4, 0.5) is 0 Å². The van der Waals surface area contributed by atoms with Gasteiger partial charge in [0.2, 0.25) is 5.88 Å². The maximum absolute atomic E-state index is 5.99. The summed E-state index contributed by atoms with van der Waals surface area (Å²) in [7, 11) is 0. The van der Waals surface area contributed by atoms with Crippen LogP contribution in [-0.4, -0.2) is 9.97 Å². The molecular weight excluding hydrogens is 262 g/mol. The topological polar surface area (TPSA) is 61.0 Å². The molecule has 2 heterocycles. The Labute approximate surface area is 123 Å². The Morgan fingerprint density at radius 2 is 1.95 bits per heavy atom. The van der Waals surface area contributed by atoms with E-state index in [1.165, 1.54) is 0 Å². The molecular formula is C17H17N3O. The Morgan fingerprint density at radius 1 is 1.10 bits per heavy atom. The number of pyridine rings is 2. The van der Waals surface area contributed by atoms with Gasteiger partial charge in [0.25, 0.3) is 0 Å². The van der Waals surface area contributed by atoms with Crippen LogP contribution in [0.3, 0.4) is 0 Å². The molecule has 4 heteroatoms. The molecule has 0 saturated heterocycles. The first-order valence-electron chi connectivity index (χ1n) is 6.90. The summed E-state index contributed by atoms with van der Waals surface area (Å²) in [5, 5.41) is 1.04. The molecule has 0 amide bonds. The molecule has 0 radical (unpaired) electrons. The van der Waals surface area contributed by atoms with Crippen molar-refractivity contribution in [2.24, 2.45) is 5.73 Å². The number of nitrogens with zero attached hydrogens (tertiary/aromatic N) is 2. The Hall–Kier alpha value is -2.46. The highest BCUT2D eigenvalue weighted by molar-refractivity contribution is 5.84. The zero-order valence-corrected chi connectivity index (χ0v) is 12.1. The Balaban J connectivity index is 2.08. The van der Waals surface area contributed by atoms with Gasteiger partial charge in [-0.25, -0.2) is 9.97 Å². The highest BCUT2D eigenvalue weighted by Gasteiger charge is 2.12. The monoisotopic (exact) mass is 279 g/mol. The van der Waals surface area contributed by atoms with E-state index in [2.05, 4.69) is 9.97 Å². The lowest BCUT2D eigenvalue weighted by Crippen LogP contribution is -2.07. The van der Waals surface area contributed by atoms with Crippen LogP contribution in [0.25, 0.3) is 10.9 Å². The molecule has 0 aliphatic rings. The van der Waals surface area contributed by atoms with Crippen LogP contribution < -0.4 is 10.5 Å². The van der Waals surface area contributed by atoms with Gasteiger partial charge in [-0.2, -0.15) is 0 Å². The summed E-state index contributed by atoms with van der Waals surface area (Å²) < 4.78 is 5.99. The zero-order valence-electron chi connectivity index (χ0n) is 12.1. The molecule has 3 rings (SSSR count). The molecule has 3 aromatic rings. The number of rotatable bonds is 3. The van der Waals surface area contributed by atoms with Crippen LogP contribution in [0.1, 0.15) is 24.2 Å². The van der Waals surface area contributed by atoms with E-state index in [0.29, 0.717) is 11.6 Å². The number of hydrogen-bond donors (Lipinski definition) is 1. The lowest BCUT2D eigenvalue weighted by molar-refractivity contribution is 0.456. The fourth-order valence-electron chi connectivity index (χ4n) is 2.24. The Bertz CT molecular complexity index is 784. The van der Waals surface area contributed by atoms with Crippen LogP contribution in [0.2, 0.25) is 0 Å². The standard InChI is InChI=1S/C17H17N3O/c1-11-8-9-13-5-3-7-15(16(13)20-11)21-17-14(12(2)18)6-4-10-19-17/h3-10,12H,18H2,1-2H3/t12-/m0/s1. The third-order valence-corrected chi connectivity index (χ3v) is 3.32. The van der Waals surface area contributed by atoms with Crippen LogP contribution in [0.15, 0.2) is 48.7 Å². The minimum Gasteiger partial charge on any atom is -0.436 e. The molecule has 0 aliphatic carbocycles. The minimum atomic E-state index is -0.140. The highest BCUT2D eigenvalue weighted by atomic mass is 16.5. The molecule has 0 fully saturated rings. The predicted molar refractivity (Wildman–Crippen MR) is 83.4 cm³/mol. The van der Waals surface area contributed by atoms with Crippen LogP contribution >= 0.6 is 0 Å². The van der Waals surface area contributed by atoms with Crippen molar-refractivity contribution in [2.45, 2.75) is 19.9 Å². The average Bonchev–Trinajstić information content (AvgIpc) is 2.48. The number of benzene rings is 1. The van der Waals surface area contributed by atoms with E-state index in [9.17, 15) is 0 Å². The van der Waals surface area contributed by atoms with Gasteiger partial charge in [-0.05, 0) is 32.0 Å². The van der Waals surface area contributed by atoms with Crippen molar-refractivity contribution in [2.75, 3.05) is 0 Å². The lowest BCUT2D eigenvalue weighted by atomic mass is 10.1. The van der Waals surface area contributed by atoms with Crippen LogP contribution in [0.5, 0.6) is 11.6 Å². The number of ether oxygens (including phenoxy) is 1. The number of aromatic nitrogens is 2. The van der Waals surface area contributed by atoms with E-state index in [0.717, 1.165) is 22.2 Å². The molecule has 2 aromatic heterocycles. The average molecular weight is 279 g/mol. The van der Waals surface area contributed by atoms with E-state index in [4.69, 9.17) is 10.5 Å².